The van der Waals surface area contributed by atoms with E-state index in [2.05, 4.69) is 76.5 Å². The number of nitrogens with one attached hydrogen (secondary N) is 1. The molecule has 0 bridgehead atoms. The average molecular weight is 352 g/mol. The van der Waals surface area contributed by atoms with Gasteiger partial charge in [0.15, 0.2) is 0 Å². The topological polar surface area (TPSA) is 38.0 Å². The summed E-state index contributed by atoms with van der Waals surface area (Å²) in [6.07, 6.45) is 2.03. The van der Waals surface area contributed by atoms with Crippen molar-refractivity contribution in [3.05, 3.63) is 69.3 Å². The van der Waals surface area contributed by atoms with Crippen molar-refractivity contribution in [2.24, 2.45) is 5.84 Å². The molecule has 0 heterocycles. The highest BCUT2D eigenvalue weighted by atomic mass is 127. The molecule has 0 saturated carbocycles. The highest BCUT2D eigenvalue weighted by molar-refractivity contribution is 14.1. The largest absolute Gasteiger partial charge is 0.271 e. The van der Waals surface area contributed by atoms with Crippen LogP contribution in [0.1, 0.15) is 23.6 Å². The third kappa shape index (κ3) is 3.80. The van der Waals surface area contributed by atoms with Crippen molar-refractivity contribution < 1.29 is 0 Å². The number of nitrogens with two attached hydrogens (primary N) is 1. The van der Waals surface area contributed by atoms with E-state index in [1.54, 1.807) is 0 Å². The quantitative estimate of drug-likeness (QED) is 0.492. The lowest BCUT2D eigenvalue weighted by Crippen LogP contribution is -2.28. The lowest BCUT2D eigenvalue weighted by molar-refractivity contribution is 0.516. The fourth-order valence-corrected chi connectivity index (χ4v) is 2.59. The molecule has 3 N–H and O–H groups in total. The Kier molecular flexibility index (Phi) is 5.16. The molecule has 1 atom stereocenters. The molecule has 2 aromatic carbocycles. The van der Waals surface area contributed by atoms with Crippen molar-refractivity contribution in [1.29, 1.82) is 0 Å². The van der Waals surface area contributed by atoms with Gasteiger partial charge in [-0.1, -0.05) is 42.5 Å². The van der Waals surface area contributed by atoms with Crippen LogP contribution in [-0.4, -0.2) is 0 Å². The maximum atomic E-state index is 5.67. The van der Waals surface area contributed by atoms with Crippen LogP contribution in [0.4, 0.5) is 0 Å². The summed E-state index contributed by atoms with van der Waals surface area (Å²) in [5, 5.41) is 0. The maximum absolute atomic E-state index is 5.67. The summed E-state index contributed by atoms with van der Waals surface area (Å²) in [6, 6.07) is 19.2. The molecule has 2 rings (SSSR count). The fourth-order valence-electron chi connectivity index (χ4n) is 2.03. The standard InChI is InChI=1S/C15H17IN2/c16-14-8-4-7-13(11-14)15(18-17)10-9-12-5-2-1-3-6-12/h1-8,11,15,18H,9-10,17H2. The molecule has 0 aliphatic rings. The zero-order valence-corrected chi connectivity index (χ0v) is 12.3. The van der Waals surface area contributed by atoms with Gasteiger partial charge in [0, 0.05) is 9.61 Å². The molecule has 0 aliphatic carbocycles. The Labute approximate surface area is 122 Å². The Balaban J connectivity index is 2.02. The molecule has 0 amide bonds. The average Bonchev–Trinajstić information content (AvgIpc) is 2.41. The Bertz CT molecular complexity index is 485. The molecule has 2 nitrogen and oxygen atoms in total. The van der Waals surface area contributed by atoms with Crippen molar-refractivity contribution in [2.75, 3.05) is 0 Å². The minimum Gasteiger partial charge on any atom is -0.271 e. The van der Waals surface area contributed by atoms with Crippen LogP contribution in [-0.2, 0) is 6.42 Å². The summed E-state index contributed by atoms with van der Waals surface area (Å²) in [7, 11) is 0. The van der Waals surface area contributed by atoms with E-state index >= 15 is 0 Å². The molecule has 0 fully saturated rings. The normalized spacial score (nSPS) is 12.3. The molecule has 0 spiro atoms. The molecule has 94 valence electrons. The van der Waals surface area contributed by atoms with Crippen LogP contribution in [0.15, 0.2) is 54.6 Å². The monoisotopic (exact) mass is 352 g/mol. The van der Waals surface area contributed by atoms with Gasteiger partial charge < -0.3 is 0 Å². The number of rotatable bonds is 5. The number of benzene rings is 2. The number of aryl methyl sites for hydroxylation is 1. The van der Waals surface area contributed by atoms with Crippen LogP contribution in [0, 0.1) is 3.57 Å². The van der Waals surface area contributed by atoms with Crippen LogP contribution >= 0.6 is 22.6 Å². The van der Waals surface area contributed by atoms with Crippen LogP contribution in [0.25, 0.3) is 0 Å². The van der Waals surface area contributed by atoms with Gasteiger partial charge in [0.05, 0.1) is 0 Å². The minimum atomic E-state index is 0.208. The zero-order chi connectivity index (χ0) is 12.8. The van der Waals surface area contributed by atoms with Crippen molar-refractivity contribution in [2.45, 2.75) is 18.9 Å². The highest BCUT2D eigenvalue weighted by Gasteiger charge is 2.09. The lowest BCUT2D eigenvalue weighted by Gasteiger charge is -2.16. The summed E-state index contributed by atoms with van der Waals surface area (Å²) < 4.78 is 1.24. The van der Waals surface area contributed by atoms with Crippen LogP contribution in [0.3, 0.4) is 0 Å². The van der Waals surface area contributed by atoms with Crippen LogP contribution in [0.2, 0.25) is 0 Å². The third-order valence-corrected chi connectivity index (χ3v) is 3.69. The molecule has 3 heteroatoms. The maximum Gasteiger partial charge on any atom is 0.0463 e. The van der Waals surface area contributed by atoms with E-state index in [0.717, 1.165) is 12.8 Å². The molecular formula is C15H17IN2. The van der Waals surface area contributed by atoms with Crippen LogP contribution < -0.4 is 11.3 Å². The second-order valence-corrected chi connectivity index (χ2v) is 5.54. The van der Waals surface area contributed by atoms with E-state index in [9.17, 15) is 0 Å². The first-order valence-electron chi connectivity index (χ1n) is 6.05. The predicted molar refractivity (Wildman–Crippen MR) is 84.0 cm³/mol. The molecule has 0 aromatic heterocycles. The van der Waals surface area contributed by atoms with Crippen molar-refractivity contribution in [1.82, 2.24) is 5.43 Å². The molecule has 0 saturated heterocycles. The molecule has 2 aromatic rings. The van der Waals surface area contributed by atoms with Gasteiger partial charge in [-0.2, -0.15) is 0 Å². The Morgan fingerprint density at radius 2 is 1.83 bits per heavy atom. The molecule has 0 aliphatic heterocycles. The van der Waals surface area contributed by atoms with Gasteiger partial charge in [0.2, 0.25) is 0 Å². The minimum absolute atomic E-state index is 0.208. The van der Waals surface area contributed by atoms with E-state index in [-0.39, 0.29) is 6.04 Å². The van der Waals surface area contributed by atoms with Crippen molar-refractivity contribution in [3.8, 4) is 0 Å². The summed E-state index contributed by atoms with van der Waals surface area (Å²) >= 11 is 2.33. The first-order valence-corrected chi connectivity index (χ1v) is 7.13. The summed E-state index contributed by atoms with van der Waals surface area (Å²) in [5.74, 6) is 5.67. The third-order valence-electron chi connectivity index (χ3n) is 3.02. The second-order valence-electron chi connectivity index (χ2n) is 4.30. The van der Waals surface area contributed by atoms with Crippen molar-refractivity contribution >= 4 is 22.6 Å². The highest BCUT2D eigenvalue weighted by Crippen LogP contribution is 2.20. The van der Waals surface area contributed by atoms with E-state index in [1.807, 2.05) is 6.07 Å². The molecule has 0 radical (unpaired) electrons. The zero-order valence-electron chi connectivity index (χ0n) is 10.1. The van der Waals surface area contributed by atoms with E-state index < -0.39 is 0 Å². The van der Waals surface area contributed by atoms with Gasteiger partial charge in [0.1, 0.15) is 0 Å². The number of halogens is 1. The van der Waals surface area contributed by atoms with E-state index in [1.165, 1.54) is 14.7 Å². The lowest BCUT2D eigenvalue weighted by atomic mass is 10.00. The first kappa shape index (κ1) is 13.5. The first-order chi connectivity index (χ1) is 8.79. The summed E-state index contributed by atoms with van der Waals surface area (Å²) in [5.41, 5.74) is 5.51. The molecule has 18 heavy (non-hydrogen) atoms. The summed E-state index contributed by atoms with van der Waals surface area (Å²) in [4.78, 5) is 0. The van der Waals surface area contributed by atoms with Gasteiger partial charge in [-0.25, -0.2) is 0 Å². The van der Waals surface area contributed by atoms with Gasteiger partial charge >= 0.3 is 0 Å². The smallest absolute Gasteiger partial charge is 0.0463 e. The van der Waals surface area contributed by atoms with Crippen LogP contribution in [0.5, 0.6) is 0 Å². The Hall–Kier alpha value is -0.910. The predicted octanol–water partition coefficient (Wildman–Crippen LogP) is 3.43. The Morgan fingerprint density at radius 1 is 1.06 bits per heavy atom. The number of hydrogen-bond acceptors (Lipinski definition) is 2. The molecular weight excluding hydrogens is 335 g/mol. The fraction of sp³-hybridized carbons (Fsp3) is 0.200. The SMILES string of the molecule is NNC(CCc1ccccc1)c1cccc(I)c1. The Morgan fingerprint density at radius 3 is 2.50 bits per heavy atom. The van der Waals surface area contributed by atoms with Crippen molar-refractivity contribution in [3.63, 3.8) is 0 Å². The van der Waals surface area contributed by atoms with Gasteiger partial charge in [-0.05, 0) is 58.7 Å². The van der Waals surface area contributed by atoms with Gasteiger partial charge in [0.25, 0.3) is 0 Å². The number of hydrogen-bond donors (Lipinski definition) is 2. The number of hydrazine groups is 1. The van der Waals surface area contributed by atoms with Gasteiger partial charge in [-0.3, -0.25) is 11.3 Å². The van der Waals surface area contributed by atoms with E-state index in [4.69, 9.17) is 5.84 Å². The molecule has 1 unspecified atom stereocenters. The second kappa shape index (κ2) is 6.87. The summed E-state index contributed by atoms with van der Waals surface area (Å²) in [6.45, 7) is 0. The van der Waals surface area contributed by atoms with E-state index in [0.29, 0.717) is 0 Å². The van der Waals surface area contributed by atoms with Gasteiger partial charge in [-0.15, -0.1) is 0 Å².